The summed E-state index contributed by atoms with van der Waals surface area (Å²) in [5, 5.41) is 0. The fourth-order valence-corrected chi connectivity index (χ4v) is 5.87. The van der Waals surface area contributed by atoms with Crippen LogP contribution in [0.15, 0.2) is 18.2 Å². The van der Waals surface area contributed by atoms with Crippen molar-refractivity contribution < 1.29 is 14.3 Å². The third-order valence-electron chi connectivity index (χ3n) is 7.25. The van der Waals surface area contributed by atoms with Crippen LogP contribution in [0.2, 0.25) is 0 Å². The van der Waals surface area contributed by atoms with Crippen LogP contribution < -0.4 is 15.2 Å². The molecule has 2 aliphatic heterocycles. The van der Waals surface area contributed by atoms with Crippen LogP contribution >= 0.6 is 0 Å². The minimum Gasteiger partial charge on any atom is -0.486 e. The van der Waals surface area contributed by atoms with Crippen LogP contribution in [0.1, 0.15) is 56.6 Å². The lowest BCUT2D eigenvalue weighted by Crippen LogP contribution is -2.49. The number of rotatable bonds is 2. The highest BCUT2D eigenvalue weighted by Gasteiger charge is 2.43. The summed E-state index contributed by atoms with van der Waals surface area (Å²) in [5.41, 5.74) is 7.61. The van der Waals surface area contributed by atoms with E-state index in [0.29, 0.717) is 37.0 Å². The Morgan fingerprint density at radius 2 is 1.74 bits per heavy atom. The standard InChI is InChI=1S/C22H30N2O3/c23-21-15-3-1-4-16(21)12-17(11-15)22(25)24-8-2-5-18(24)14-6-7-19-20(13-14)27-10-9-26-19/h6-7,13,15-18,21H,1-5,8-12,23H2. The van der Waals surface area contributed by atoms with E-state index in [1.165, 1.54) is 24.8 Å². The Morgan fingerprint density at radius 1 is 1.00 bits per heavy atom. The van der Waals surface area contributed by atoms with Gasteiger partial charge in [0, 0.05) is 18.5 Å². The molecule has 4 aliphatic rings. The third kappa shape index (κ3) is 3.10. The minimum absolute atomic E-state index is 0.165. The van der Waals surface area contributed by atoms with E-state index in [1.54, 1.807) is 0 Å². The minimum atomic E-state index is 0.165. The number of amides is 1. The van der Waals surface area contributed by atoms with E-state index in [2.05, 4.69) is 17.0 Å². The van der Waals surface area contributed by atoms with Crippen molar-refractivity contribution in [3.05, 3.63) is 23.8 Å². The summed E-state index contributed by atoms with van der Waals surface area (Å²) in [6.45, 7) is 2.07. The lowest BCUT2D eigenvalue weighted by molar-refractivity contribution is -0.139. The Hall–Kier alpha value is -1.75. The molecule has 27 heavy (non-hydrogen) atoms. The van der Waals surface area contributed by atoms with Gasteiger partial charge in [0.25, 0.3) is 0 Å². The summed E-state index contributed by atoms with van der Waals surface area (Å²) < 4.78 is 11.4. The van der Waals surface area contributed by atoms with E-state index in [0.717, 1.165) is 43.7 Å². The summed E-state index contributed by atoms with van der Waals surface area (Å²) in [6.07, 6.45) is 7.77. The number of nitrogens with two attached hydrogens (primary N) is 1. The zero-order chi connectivity index (χ0) is 18.4. The average molecular weight is 370 g/mol. The Bertz CT molecular complexity index is 708. The summed E-state index contributed by atoms with van der Waals surface area (Å²) in [5.74, 6) is 3.24. The number of likely N-dealkylation sites (tertiary alicyclic amines) is 1. The Labute approximate surface area is 161 Å². The molecule has 2 heterocycles. The Balaban J connectivity index is 1.34. The van der Waals surface area contributed by atoms with Crippen molar-refractivity contribution in [3.8, 4) is 11.5 Å². The molecule has 0 spiro atoms. The molecular weight excluding hydrogens is 340 g/mol. The number of benzene rings is 1. The monoisotopic (exact) mass is 370 g/mol. The lowest BCUT2D eigenvalue weighted by Gasteiger charge is -2.44. The van der Waals surface area contributed by atoms with E-state index >= 15 is 0 Å². The first-order valence-corrected chi connectivity index (χ1v) is 10.7. The summed E-state index contributed by atoms with van der Waals surface area (Å²) in [4.78, 5) is 15.6. The van der Waals surface area contributed by atoms with Crippen LogP contribution in [0, 0.1) is 17.8 Å². The molecule has 1 aromatic rings. The van der Waals surface area contributed by atoms with Gasteiger partial charge in [-0.3, -0.25) is 4.79 Å². The molecule has 0 aromatic heterocycles. The molecule has 1 saturated heterocycles. The van der Waals surface area contributed by atoms with Gasteiger partial charge < -0.3 is 20.1 Å². The number of hydrogen-bond donors (Lipinski definition) is 1. The van der Waals surface area contributed by atoms with Gasteiger partial charge in [-0.05, 0) is 68.1 Å². The van der Waals surface area contributed by atoms with Crippen molar-refractivity contribution in [3.63, 3.8) is 0 Å². The molecule has 5 heteroatoms. The molecule has 5 rings (SSSR count). The van der Waals surface area contributed by atoms with Crippen molar-refractivity contribution in [2.75, 3.05) is 19.8 Å². The maximum Gasteiger partial charge on any atom is 0.226 e. The molecule has 2 aliphatic carbocycles. The van der Waals surface area contributed by atoms with Crippen molar-refractivity contribution in [2.45, 2.75) is 57.0 Å². The fourth-order valence-electron chi connectivity index (χ4n) is 5.87. The first kappa shape index (κ1) is 17.4. The number of carbonyl (C=O) groups excluding carboxylic acids is 1. The number of hydrogen-bond acceptors (Lipinski definition) is 4. The molecule has 3 fully saturated rings. The summed E-state index contributed by atoms with van der Waals surface area (Å²) in [6, 6.07) is 6.67. The van der Waals surface area contributed by atoms with Crippen molar-refractivity contribution in [2.24, 2.45) is 23.5 Å². The zero-order valence-corrected chi connectivity index (χ0v) is 15.9. The SMILES string of the molecule is NC1C2CCCC1CC(C(=O)N1CCCC1c1ccc3c(c1)OCCO3)C2. The molecule has 1 aromatic carbocycles. The summed E-state index contributed by atoms with van der Waals surface area (Å²) >= 11 is 0. The van der Waals surface area contributed by atoms with Gasteiger partial charge in [0.2, 0.25) is 5.91 Å². The van der Waals surface area contributed by atoms with Crippen LogP contribution in [0.25, 0.3) is 0 Å². The predicted octanol–water partition coefficient (Wildman–Crippen LogP) is 3.27. The largest absolute Gasteiger partial charge is 0.486 e. The second-order valence-corrected chi connectivity index (χ2v) is 8.79. The van der Waals surface area contributed by atoms with E-state index < -0.39 is 0 Å². The van der Waals surface area contributed by atoms with Crippen LogP contribution in [0.3, 0.4) is 0 Å². The van der Waals surface area contributed by atoms with Gasteiger partial charge in [-0.15, -0.1) is 0 Å². The molecule has 3 atom stereocenters. The highest BCUT2D eigenvalue weighted by Crippen LogP contribution is 2.44. The van der Waals surface area contributed by atoms with Gasteiger partial charge in [-0.2, -0.15) is 0 Å². The second-order valence-electron chi connectivity index (χ2n) is 8.79. The predicted molar refractivity (Wildman–Crippen MR) is 103 cm³/mol. The van der Waals surface area contributed by atoms with Crippen LogP contribution in [0.4, 0.5) is 0 Å². The maximum absolute atomic E-state index is 13.4. The van der Waals surface area contributed by atoms with Gasteiger partial charge in [-0.25, -0.2) is 0 Å². The second kappa shape index (κ2) is 7.01. The summed E-state index contributed by atoms with van der Waals surface area (Å²) in [7, 11) is 0. The maximum atomic E-state index is 13.4. The topological polar surface area (TPSA) is 64.8 Å². The molecule has 3 unspecified atom stereocenters. The average Bonchev–Trinajstić information content (AvgIpc) is 3.16. The molecule has 2 N–H and O–H groups in total. The third-order valence-corrected chi connectivity index (χ3v) is 7.25. The molecular formula is C22H30N2O3. The molecule has 2 bridgehead atoms. The van der Waals surface area contributed by atoms with Crippen molar-refractivity contribution >= 4 is 5.91 Å². The van der Waals surface area contributed by atoms with Gasteiger partial charge in [0.1, 0.15) is 13.2 Å². The van der Waals surface area contributed by atoms with E-state index in [-0.39, 0.29) is 12.0 Å². The molecule has 2 saturated carbocycles. The quantitative estimate of drug-likeness (QED) is 0.868. The number of fused-ring (bicyclic) bond motifs is 3. The normalized spacial score (nSPS) is 35.1. The number of carbonyl (C=O) groups is 1. The van der Waals surface area contributed by atoms with Crippen LogP contribution in [-0.4, -0.2) is 36.6 Å². The van der Waals surface area contributed by atoms with E-state index in [9.17, 15) is 4.79 Å². The fraction of sp³-hybridized carbons (Fsp3) is 0.682. The van der Waals surface area contributed by atoms with Gasteiger partial charge in [0.15, 0.2) is 11.5 Å². The zero-order valence-electron chi connectivity index (χ0n) is 15.9. The van der Waals surface area contributed by atoms with Crippen LogP contribution in [0.5, 0.6) is 11.5 Å². The van der Waals surface area contributed by atoms with Gasteiger partial charge in [0.05, 0.1) is 6.04 Å². The Morgan fingerprint density at radius 3 is 2.52 bits per heavy atom. The van der Waals surface area contributed by atoms with Crippen LogP contribution in [-0.2, 0) is 4.79 Å². The van der Waals surface area contributed by atoms with Crippen molar-refractivity contribution in [1.29, 1.82) is 0 Å². The van der Waals surface area contributed by atoms with Gasteiger partial charge in [-0.1, -0.05) is 12.5 Å². The first-order valence-electron chi connectivity index (χ1n) is 10.7. The highest BCUT2D eigenvalue weighted by molar-refractivity contribution is 5.80. The molecule has 0 radical (unpaired) electrons. The smallest absolute Gasteiger partial charge is 0.226 e. The van der Waals surface area contributed by atoms with E-state index in [1.807, 2.05) is 6.07 Å². The molecule has 146 valence electrons. The number of ether oxygens (including phenoxy) is 2. The molecule has 1 amide bonds. The van der Waals surface area contributed by atoms with Crippen molar-refractivity contribution in [1.82, 2.24) is 4.90 Å². The highest BCUT2D eigenvalue weighted by atomic mass is 16.6. The lowest BCUT2D eigenvalue weighted by atomic mass is 9.65. The van der Waals surface area contributed by atoms with E-state index in [4.69, 9.17) is 15.2 Å². The molecule has 5 nitrogen and oxygen atoms in total. The number of nitrogens with zero attached hydrogens (tertiary/aromatic N) is 1. The van der Waals surface area contributed by atoms with Gasteiger partial charge >= 0.3 is 0 Å². The Kier molecular flexibility index (Phi) is 4.50. The first-order chi connectivity index (χ1) is 13.2.